The van der Waals surface area contributed by atoms with Crippen molar-refractivity contribution in [3.05, 3.63) is 70.7 Å². The average molecular weight is 482 g/mol. The maximum Gasteiger partial charge on any atom is 0.264 e. The minimum atomic E-state index is -0.450. The normalized spacial score (nSPS) is 10.7. The number of nitrogens with zero attached hydrogens (tertiary/aromatic N) is 3. The summed E-state index contributed by atoms with van der Waals surface area (Å²) in [6.45, 7) is 1.91. The van der Waals surface area contributed by atoms with Gasteiger partial charge in [0.2, 0.25) is 0 Å². The van der Waals surface area contributed by atoms with Crippen LogP contribution in [0.4, 0.5) is 5.69 Å². The molecule has 3 aromatic carbocycles. The first-order chi connectivity index (χ1) is 15.9. The first kappa shape index (κ1) is 22.5. The fraction of sp³-hybridized carbons (Fsp3) is 0.130. The zero-order valence-electron chi connectivity index (χ0n) is 18.0. The number of halogens is 1. The summed E-state index contributed by atoms with van der Waals surface area (Å²) in [6, 6.07) is 16.0. The van der Waals surface area contributed by atoms with Gasteiger partial charge in [-0.15, -0.1) is 10.2 Å². The van der Waals surface area contributed by atoms with Gasteiger partial charge in [-0.05, 0) is 73.2 Å². The third-order valence-corrected chi connectivity index (χ3v) is 5.37. The van der Waals surface area contributed by atoms with Crippen LogP contribution in [0.25, 0.3) is 16.7 Å². The summed E-state index contributed by atoms with van der Waals surface area (Å²) in [6.07, 6.45) is 0. The second-order valence-corrected chi connectivity index (χ2v) is 7.91. The molecule has 168 valence electrons. The molecule has 1 amide bonds. The van der Waals surface area contributed by atoms with Crippen LogP contribution in [0.3, 0.4) is 0 Å². The Labute approximate surface area is 200 Å². The first-order valence-corrected chi connectivity index (χ1v) is 10.6. The van der Waals surface area contributed by atoms with Crippen LogP contribution >= 0.6 is 23.8 Å². The zero-order chi connectivity index (χ0) is 23.5. The molecule has 0 radical (unpaired) electrons. The van der Waals surface area contributed by atoms with Crippen LogP contribution < -0.4 is 20.1 Å². The van der Waals surface area contributed by atoms with E-state index in [1.54, 1.807) is 30.3 Å². The molecule has 0 fully saturated rings. The number of hydrogen-bond donors (Lipinski definition) is 2. The van der Waals surface area contributed by atoms with Gasteiger partial charge in [-0.3, -0.25) is 10.1 Å². The van der Waals surface area contributed by atoms with Crippen molar-refractivity contribution >= 4 is 51.6 Å². The van der Waals surface area contributed by atoms with E-state index in [0.29, 0.717) is 27.7 Å². The van der Waals surface area contributed by atoms with Crippen molar-refractivity contribution in [1.82, 2.24) is 20.3 Å². The maximum absolute atomic E-state index is 12.9. The average Bonchev–Trinajstić information content (AvgIpc) is 3.21. The number of ether oxygens (including phenoxy) is 2. The number of aromatic nitrogens is 3. The maximum atomic E-state index is 12.9. The number of benzene rings is 3. The molecule has 2 N–H and O–H groups in total. The number of anilines is 1. The van der Waals surface area contributed by atoms with Crippen LogP contribution in [0.5, 0.6) is 11.5 Å². The standard InChI is InChI=1S/C23H20ClN5O3S/c1-13-11-17-18(28-29(27-17)15-9-7-14(24)8-10-15)12-16(13)25-23(33)26-22(30)21-19(31-2)5-4-6-20(21)32-3/h4-12H,1-3H3,(H2,25,26,30,33). The summed E-state index contributed by atoms with van der Waals surface area (Å²) < 4.78 is 10.6. The topological polar surface area (TPSA) is 90.3 Å². The van der Waals surface area contributed by atoms with Gasteiger partial charge in [0, 0.05) is 10.7 Å². The van der Waals surface area contributed by atoms with Crippen molar-refractivity contribution in [2.24, 2.45) is 0 Å². The van der Waals surface area contributed by atoms with E-state index in [1.165, 1.54) is 19.0 Å². The summed E-state index contributed by atoms with van der Waals surface area (Å²) in [5.41, 5.74) is 4.02. The van der Waals surface area contributed by atoms with E-state index in [0.717, 1.165) is 16.8 Å². The van der Waals surface area contributed by atoms with Crippen LogP contribution in [0.2, 0.25) is 5.02 Å². The minimum absolute atomic E-state index is 0.125. The largest absolute Gasteiger partial charge is 0.496 e. The van der Waals surface area contributed by atoms with Gasteiger partial charge in [0.1, 0.15) is 28.1 Å². The highest BCUT2D eigenvalue weighted by atomic mass is 35.5. The van der Waals surface area contributed by atoms with Crippen molar-refractivity contribution < 1.29 is 14.3 Å². The molecule has 0 saturated heterocycles. The van der Waals surface area contributed by atoms with Gasteiger partial charge >= 0.3 is 0 Å². The Morgan fingerprint density at radius 3 is 2.21 bits per heavy atom. The third kappa shape index (κ3) is 4.74. The lowest BCUT2D eigenvalue weighted by molar-refractivity contribution is 0.0971. The van der Waals surface area contributed by atoms with E-state index < -0.39 is 5.91 Å². The van der Waals surface area contributed by atoms with E-state index in [4.69, 9.17) is 33.3 Å². The van der Waals surface area contributed by atoms with Gasteiger partial charge in [0.15, 0.2) is 5.11 Å². The Kier molecular flexibility index (Phi) is 6.43. The Bertz CT molecular complexity index is 1330. The predicted molar refractivity (Wildman–Crippen MR) is 132 cm³/mol. The van der Waals surface area contributed by atoms with Crippen molar-refractivity contribution in [1.29, 1.82) is 0 Å². The summed E-state index contributed by atoms with van der Waals surface area (Å²) in [5.74, 6) is 0.311. The van der Waals surface area contributed by atoms with Crippen molar-refractivity contribution in [2.75, 3.05) is 19.5 Å². The van der Waals surface area contributed by atoms with Gasteiger partial charge in [-0.1, -0.05) is 17.7 Å². The van der Waals surface area contributed by atoms with Crippen molar-refractivity contribution in [2.45, 2.75) is 6.92 Å². The Morgan fingerprint density at radius 1 is 1.00 bits per heavy atom. The molecule has 4 aromatic rings. The molecule has 0 spiro atoms. The van der Waals surface area contributed by atoms with Gasteiger partial charge in [-0.2, -0.15) is 4.80 Å². The Balaban J connectivity index is 1.55. The molecule has 33 heavy (non-hydrogen) atoms. The molecule has 0 unspecified atom stereocenters. The highest BCUT2D eigenvalue weighted by Gasteiger charge is 2.19. The van der Waals surface area contributed by atoms with Gasteiger partial charge in [-0.25, -0.2) is 0 Å². The van der Waals surface area contributed by atoms with E-state index >= 15 is 0 Å². The SMILES string of the molecule is COc1cccc(OC)c1C(=O)NC(=S)Nc1cc2nn(-c3ccc(Cl)cc3)nc2cc1C. The molecule has 0 aliphatic rings. The molecule has 8 nitrogen and oxygen atoms in total. The van der Waals surface area contributed by atoms with Crippen LogP contribution in [0.15, 0.2) is 54.6 Å². The lowest BCUT2D eigenvalue weighted by Gasteiger charge is -2.15. The van der Waals surface area contributed by atoms with E-state index in [1.807, 2.05) is 31.2 Å². The lowest BCUT2D eigenvalue weighted by atomic mass is 10.1. The van der Waals surface area contributed by atoms with E-state index in [9.17, 15) is 4.79 Å². The third-order valence-electron chi connectivity index (χ3n) is 4.91. The van der Waals surface area contributed by atoms with Crippen LogP contribution in [0, 0.1) is 6.92 Å². The number of carbonyl (C=O) groups excluding carboxylic acids is 1. The Morgan fingerprint density at radius 2 is 1.61 bits per heavy atom. The molecule has 0 aliphatic heterocycles. The molecule has 1 aromatic heterocycles. The van der Waals surface area contributed by atoms with Crippen molar-refractivity contribution in [3.63, 3.8) is 0 Å². The number of aryl methyl sites for hydroxylation is 1. The Hall–Kier alpha value is -3.69. The molecule has 10 heteroatoms. The summed E-state index contributed by atoms with van der Waals surface area (Å²) in [5, 5.41) is 15.6. The monoisotopic (exact) mass is 481 g/mol. The molecule has 1 heterocycles. The van der Waals surface area contributed by atoms with E-state index in [-0.39, 0.29) is 10.7 Å². The molecule has 0 atom stereocenters. The summed E-state index contributed by atoms with van der Waals surface area (Å²) in [4.78, 5) is 14.4. The minimum Gasteiger partial charge on any atom is -0.496 e. The van der Waals surface area contributed by atoms with Gasteiger partial charge in [0.05, 0.1) is 19.9 Å². The fourth-order valence-corrected chi connectivity index (χ4v) is 3.62. The first-order valence-electron chi connectivity index (χ1n) is 9.86. The number of nitrogens with one attached hydrogen (secondary N) is 2. The smallest absolute Gasteiger partial charge is 0.264 e. The molecular weight excluding hydrogens is 462 g/mol. The highest BCUT2D eigenvalue weighted by molar-refractivity contribution is 7.80. The molecule has 0 bridgehead atoms. The number of thiocarbonyl (C=S) groups is 1. The number of fused-ring (bicyclic) bond motifs is 1. The number of carbonyl (C=O) groups is 1. The summed E-state index contributed by atoms with van der Waals surface area (Å²) >= 11 is 11.3. The zero-order valence-corrected chi connectivity index (χ0v) is 19.6. The quantitative estimate of drug-likeness (QED) is 0.405. The highest BCUT2D eigenvalue weighted by Crippen LogP contribution is 2.28. The lowest BCUT2D eigenvalue weighted by Crippen LogP contribution is -2.34. The van der Waals surface area contributed by atoms with Gasteiger partial charge < -0.3 is 14.8 Å². The summed E-state index contributed by atoms with van der Waals surface area (Å²) in [7, 11) is 2.97. The van der Waals surface area contributed by atoms with Crippen molar-refractivity contribution in [3.8, 4) is 17.2 Å². The molecule has 0 aliphatic carbocycles. The molecule has 4 rings (SSSR count). The number of rotatable bonds is 5. The van der Waals surface area contributed by atoms with E-state index in [2.05, 4.69) is 20.8 Å². The number of hydrogen-bond acceptors (Lipinski definition) is 6. The van der Waals surface area contributed by atoms with Crippen LogP contribution in [-0.2, 0) is 0 Å². The number of amides is 1. The second kappa shape index (κ2) is 9.43. The molecular formula is C23H20ClN5O3S. The van der Waals surface area contributed by atoms with Crippen LogP contribution in [0.1, 0.15) is 15.9 Å². The van der Waals surface area contributed by atoms with Crippen LogP contribution in [-0.4, -0.2) is 40.2 Å². The predicted octanol–water partition coefficient (Wildman–Crippen LogP) is 4.53. The fourth-order valence-electron chi connectivity index (χ4n) is 3.29. The van der Waals surface area contributed by atoms with Gasteiger partial charge in [0.25, 0.3) is 5.91 Å². The second-order valence-electron chi connectivity index (χ2n) is 7.07. The molecule has 0 saturated carbocycles. The number of methoxy groups -OCH3 is 2.